The maximum Gasteiger partial charge on any atom is 0.289 e. The first-order chi connectivity index (χ1) is 13.5. The first-order valence-electron chi connectivity index (χ1n) is 9.41. The number of anilines is 1. The summed E-state index contributed by atoms with van der Waals surface area (Å²) >= 11 is 0. The van der Waals surface area contributed by atoms with E-state index in [2.05, 4.69) is 0 Å². The summed E-state index contributed by atoms with van der Waals surface area (Å²) in [6, 6.07) is 11.0. The normalized spacial score (nSPS) is 14.1. The van der Waals surface area contributed by atoms with Crippen LogP contribution in [0.25, 0.3) is 0 Å². The first kappa shape index (κ1) is 19.7. The van der Waals surface area contributed by atoms with Crippen LogP contribution in [-0.2, 0) is 9.59 Å². The number of carbonyl (C=O) groups excluding carboxylic acids is 3. The fourth-order valence-corrected chi connectivity index (χ4v) is 3.27. The molecule has 1 fully saturated rings. The summed E-state index contributed by atoms with van der Waals surface area (Å²) in [6.07, 6.45) is 1.72. The Labute approximate surface area is 164 Å². The van der Waals surface area contributed by atoms with Crippen LogP contribution >= 0.6 is 0 Å². The third-order valence-corrected chi connectivity index (χ3v) is 4.93. The maximum absolute atomic E-state index is 12.6. The van der Waals surface area contributed by atoms with Crippen LogP contribution in [0.5, 0.6) is 0 Å². The number of carbonyl (C=O) groups is 3. The fraction of sp³-hybridized carbons (Fsp3) is 0.381. The van der Waals surface area contributed by atoms with E-state index in [4.69, 9.17) is 4.42 Å². The number of amides is 3. The molecule has 1 aromatic heterocycles. The zero-order valence-electron chi connectivity index (χ0n) is 16.3. The number of furan rings is 1. The molecule has 28 heavy (non-hydrogen) atoms. The van der Waals surface area contributed by atoms with Gasteiger partial charge in [0.05, 0.1) is 6.26 Å². The molecule has 3 amide bonds. The zero-order valence-corrected chi connectivity index (χ0v) is 16.3. The van der Waals surface area contributed by atoms with E-state index in [1.807, 2.05) is 31.2 Å². The van der Waals surface area contributed by atoms with Crippen molar-refractivity contribution in [2.75, 3.05) is 37.6 Å². The minimum atomic E-state index is -0.153. The van der Waals surface area contributed by atoms with Crippen LogP contribution in [-0.4, -0.2) is 60.2 Å². The largest absolute Gasteiger partial charge is 0.459 e. The molecular formula is C21H25N3O4. The van der Waals surface area contributed by atoms with Gasteiger partial charge in [-0.2, -0.15) is 0 Å². The lowest BCUT2D eigenvalue weighted by atomic mass is 10.2. The predicted octanol–water partition coefficient (Wildman–Crippen LogP) is 2.32. The van der Waals surface area contributed by atoms with Crippen molar-refractivity contribution >= 4 is 23.4 Å². The lowest BCUT2D eigenvalue weighted by Crippen LogP contribution is -2.51. The molecule has 7 heteroatoms. The van der Waals surface area contributed by atoms with Crippen molar-refractivity contribution in [3.05, 3.63) is 54.0 Å². The van der Waals surface area contributed by atoms with Crippen LogP contribution in [0.1, 0.15) is 29.5 Å². The van der Waals surface area contributed by atoms with Gasteiger partial charge >= 0.3 is 0 Å². The Morgan fingerprint density at radius 3 is 2.21 bits per heavy atom. The van der Waals surface area contributed by atoms with Crippen molar-refractivity contribution < 1.29 is 18.8 Å². The summed E-state index contributed by atoms with van der Waals surface area (Å²) in [6.45, 7) is 5.74. The Kier molecular flexibility index (Phi) is 6.13. The Bertz CT molecular complexity index is 822. The molecule has 0 N–H and O–H groups in total. The maximum atomic E-state index is 12.6. The molecule has 7 nitrogen and oxygen atoms in total. The molecule has 2 aromatic rings. The van der Waals surface area contributed by atoms with Gasteiger partial charge < -0.3 is 19.1 Å². The predicted molar refractivity (Wildman–Crippen MR) is 105 cm³/mol. The smallest absolute Gasteiger partial charge is 0.289 e. The van der Waals surface area contributed by atoms with Crippen molar-refractivity contribution in [2.24, 2.45) is 0 Å². The second-order valence-corrected chi connectivity index (χ2v) is 6.91. The van der Waals surface area contributed by atoms with Crippen molar-refractivity contribution in [1.29, 1.82) is 0 Å². The van der Waals surface area contributed by atoms with Crippen LogP contribution in [0, 0.1) is 6.92 Å². The van der Waals surface area contributed by atoms with Gasteiger partial charge in [-0.3, -0.25) is 14.4 Å². The Morgan fingerprint density at radius 2 is 1.64 bits per heavy atom. The quantitative estimate of drug-likeness (QED) is 0.794. The number of benzene rings is 1. The topological polar surface area (TPSA) is 74.1 Å². The van der Waals surface area contributed by atoms with Crippen LogP contribution in [0.3, 0.4) is 0 Å². The zero-order chi connectivity index (χ0) is 20.1. The Morgan fingerprint density at radius 1 is 1.00 bits per heavy atom. The summed E-state index contributed by atoms with van der Waals surface area (Å²) in [5.41, 5.74) is 1.91. The molecule has 148 valence electrons. The molecular weight excluding hydrogens is 358 g/mol. The van der Waals surface area contributed by atoms with Gasteiger partial charge in [-0.05, 0) is 31.2 Å². The van der Waals surface area contributed by atoms with Crippen molar-refractivity contribution in [3.63, 3.8) is 0 Å². The van der Waals surface area contributed by atoms with E-state index in [-0.39, 0.29) is 24.1 Å². The minimum Gasteiger partial charge on any atom is -0.459 e. The monoisotopic (exact) mass is 383 g/mol. The van der Waals surface area contributed by atoms with E-state index in [0.29, 0.717) is 38.5 Å². The van der Waals surface area contributed by atoms with Gasteiger partial charge in [-0.1, -0.05) is 17.7 Å². The fourth-order valence-electron chi connectivity index (χ4n) is 3.27. The Hall–Kier alpha value is -3.09. The molecule has 2 heterocycles. The highest BCUT2D eigenvalue weighted by Crippen LogP contribution is 2.16. The van der Waals surface area contributed by atoms with Gasteiger partial charge in [0.25, 0.3) is 5.91 Å². The summed E-state index contributed by atoms with van der Waals surface area (Å²) in [4.78, 5) is 41.9. The summed E-state index contributed by atoms with van der Waals surface area (Å²) < 4.78 is 5.15. The molecule has 1 aliphatic heterocycles. The van der Waals surface area contributed by atoms with E-state index < -0.39 is 0 Å². The molecule has 0 atom stereocenters. The number of nitrogens with zero attached hydrogens (tertiary/aromatic N) is 3. The van der Waals surface area contributed by atoms with E-state index >= 15 is 0 Å². The molecule has 1 aliphatic rings. The van der Waals surface area contributed by atoms with Crippen LogP contribution in [0.4, 0.5) is 5.69 Å². The average molecular weight is 383 g/mol. The van der Waals surface area contributed by atoms with Gasteiger partial charge in [0, 0.05) is 51.8 Å². The van der Waals surface area contributed by atoms with Crippen molar-refractivity contribution in [1.82, 2.24) is 9.80 Å². The number of aryl methyl sites for hydroxylation is 1. The number of hydrogen-bond acceptors (Lipinski definition) is 4. The number of hydrogen-bond donors (Lipinski definition) is 0. The summed E-state index contributed by atoms with van der Waals surface area (Å²) in [5, 5.41) is 0. The van der Waals surface area contributed by atoms with Crippen molar-refractivity contribution in [3.8, 4) is 0 Å². The highest BCUT2D eigenvalue weighted by molar-refractivity contribution is 5.93. The highest BCUT2D eigenvalue weighted by Gasteiger charge is 2.26. The Balaban J connectivity index is 1.51. The molecule has 0 unspecified atom stereocenters. The van der Waals surface area contributed by atoms with E-state index in [1.165, 1.54) is 13.2 Å². The van der Waals surface area contributed by atoms with Gasteiger partial charge in [0.2, 0.25) is 11.8 Å². The lowest BCUT2D eigenvalue weighted by molar-refractivity contribution is -0.132. The van der Waals surface area contributed by atoms with E-state index in [0.717, 1.165) is 11.3 Å². The second-order valence-electron chi connectivity index (χ2n) is 6.91. The van der Waals surface area contributed by atoms with E-state index in [1.54, 1.807) is 26.8 Å². The van der Waals surface area contributed by atoms with Gasteiger partial charge in [-0.25, -0.2) is 0 Å². The molecule has 0 bridgehead atoms. The summed E-state index contributed by atoms with van der Waals surface area (Å²) in [7, 11) is 0. The third kappa shape index (κ3) is 4.60. The lowest BCUT2D eigenvalue weighted by Gasteiger charge is -2.34. The average Bonchev–Trinajstić information content (AvgIpc) is 3.23. The minimum absolute atomic E-state index is 0.0107. The SMILES string of the molecule is CC(=O)N(CCC(=O)N1CCN(C(=O)c2ccco2)CC1)c1ccc(C)cc1. The molecule has 1 saturated heterocycles. The number of piperazine rings is 1. The van der Waals surface area contributed by atoms with Crippen LogP contribution in [0.15, 0.2) is 47.1 Å². The molecule has 1 aromatic carbocycles. The third-order valence-electron chi connectivity index (χ3n) is 4.93. The molecule has 3 rings (SSSR count). The highest BCUT2D eigenvalue weighted by atomic mass is 16.3. The number of rotatable bonds is 5. The van der Waals surface area contributed by atoms with E-state index in [9.17, 15) is 14.4 Å². The second kappa shape index (κ2) is 8.73. The first-order valence-corrected chi connectivity index (χ1v) is 9.41. The molecule has 0 radical (unpaired) electrons. The van der Waals surface area contributed by atoms with Crippen molar-refractivity contribution in [2.45, 2.75) is 20.3 Å². The van der Waals surface area contributed by atoms with Gasteiger partial charge in [0.15, 0.2) is 5.76 Å². The molecule has 0 saturated carbocycles. The van der Waals surface area contributed by atoms with Crippen LogP contribution in [0.2, 0.25) is 0 Å². The molecule has 0 aliphatic carbocycles. The van der Waals surface area contributed by atoms with Crippen LogP contribution < -0.4 is 4.90 Å². The molecule has 0 spiro atoms. The standard InChI is InChI=1S/C21H25N3O4/c1-16-5-7-18(8-6-16)24(17(2)25)10-9-20(26)22-11-13-23(14-12-22)21(27)19-4-3-15-28-19/h3-8,15H,9-14H2,1-2H3. The van der Waals surface area contributed by atoms with Gasteiger partial charge in [0.1, 0.15) is 0 Å². The van der Waals surface area contributed by atoms with Gasteiger partial charge in [-0.15, -0.1) is 0 Å². The summed E-state index contributed by atoms with van der Waals surface area (Å²) in [5.74, 6) is 0.0585.